The minimum atomic E-state index is 0.0746. The first-order valence-corrected chi connectivity index (χ1v) is 10.6. The molecule has 0 radical (unpaired) electrons. The Bertz CT molecular complexity index is 1200. The highest BCUT2D eigenvalue weighted by Gasteiger charge is 2.54. The number of nitrogens with two attached hydrogens (primary N) is 1. The van der Waals surface area contributed by atoms with E-state index in [-0.39, 0.29) is 11.9 Å². The van der Waals surface area contributed by atoms with Crippen LogP contribution in [0.2, 0.25) is 0 Å². The van der Waals surface area contributed by atoms with Gasteiger partial charge < -0.3 is 16.4 Å². The molecule has 7 rings (SSSR count). The van der Waals surface area contributed by atoms with Crippen molar-refractivity contribution < 1.29 is 4.79 Å². The van der Waals surface area contributed by atoms with Gasteiger partial charge in [-0.1, -0.05) is 6.07 Å². The van der Waals surface area contributed by atoms with Gasteiger partial charge in [0.05, 0.1) is 11.6 Å². The molecule has 2 saturated carbocycles. The lowest BCUT2D eigenvalue weighted by Gasteiger charge is -2.43. The number of benzene rings is 2. The first-order chi connectivity index (χ1) is 14.2. The molecule has 2 aromatic carbocycles. The number of hydrogen-bond acceptors (Lipinski definition) is 4. The summed E-state index contributed by atoms with van der Waals surface area (Å²) < 4.78 is 0. The van der Waals surface area contributed by atoms with E-state index >= 15 is 0 Å². The Morgan fingerprint density at radius 2 is 2.00 bits per heavy atom. The first kappa shape index (κ1) is 15.9. The van der Waals surface area contributed by atoms with Crippen LogP contribution in [0.3, 0.4) is 0 Å². The summed E-state index contributed by atoms with van der Waals surface area (Å²) in [4.78, 5) is 12.3. The third-order valence-corrected chi connectivity index (χ3v) is 7.97. The molecule has 0 saturated heterocycles. The Balaban J connectivity index is 1.40. The molecule has 2 bridgehead atoms. The van der Waals surface area contributed by atoms with E-state index in [1.165, 1.54) is 36.1 Å². The molecular formula is C23H23N5O. The number of hydrogen-bond donors (Lipinski definition) is 4. The number of amides is 1. The van der Waals surface area contributed by atoms with Crippen LogP contribution in [0.1, 0.15) is 58.3 Å². The molecule has 29 heavy (non-hydrogen) atoms. The summed E-state index contributed by atoms with van der Waals surface area (Å²) >= 11 is 0. The molecule has 5 N–H and O–H groups in total. The number of aromatic amines is 1. The molecule has 6 nitrogen and oxygen atoms in total. The summed E-state index contributed by atoms with van der Waals surface area (Å²) in [5.41, 5.74) is 12.9. The second-order valence-electron chi connectivity index (χ2n) is 9.25. The number of H-pyrrole nitrogens is 1. The molecular weight excluding hydrogens is 362 g/mol. The summed E-state index contributed by atoms with van der Waals surface area (Å²) in [6.45, 7) is 0.630. The lowest BCUT2D eigenvalue weighted by Crippen LogP contribution is -2.35. The number of carbonyl (C=O) groups excluding carboxylic acids is 1. The van der Waals surface area contributed by atoms with Crippen molar-refractivity contribution in [3.8, 4) is 0 Å². The van der Waals surface area contributed by atoms with Crippen LogP contribution in [0.25, 0.3) is 10.9 Å². The summed E-state index contributed by atoms with van der Waals surface area (Å²) in [6, 6.07) is 11.2. The molecule has 6 heteroatoms. The summed E-state index contributed by atoms with van der Waals surface area (Å²) in [6.07, 6.45) is 3.95. The number of anilines is 2. The smallest absolute Gasteiger partial charge is 0.251 e. The van der Waals surface area contributed by atoms with Gasteiger partial charge in [0.25, 0.3) is 5.91 Å². The normalized spacial score (nSPS) is 31.3. The van der Waals surface area contributed by atoms with Crippen LogP contribution >= 0.6 is 0 Å². The summed E-state index contributed by atoms with van der Waals surface area (Å²) in [7, 11) is 0. The SMILES string of the molecule is Nc1n[nH]c2ccc([C@H]3Nc4cc5c(cc4[C@@H]4C6CC[C@H](C6)[C@H]34)C(=O)NC5)cc12. The zero-order valence-electron chi connectivity index (χ0n) is 16.0. The maximum atomic E-state index is 12.3. The molecule has 146 valence electrons. The van der Waals surface area contributed by atoms with Crippen LogP contribution in [-0.2, 0) is 6.54 Å². The fraction of sp³-hybridized carbons (Fsp3) is 0.391. The zero-order valence-corrected chi connectivity index (χ0v) is 16.0. The highest BCUT2D eigenvalue weighted by atomic mass is 16.1. The lowest BCUT2D eigenvalue weighted by atomic mass is 9.67. The van der Waals surface area contributed by atoms with Gasteiger partial charge in [-0.2, -0.15) is 5.10 Å². The molecule has 1 amide bonds. The Hall–Kier alpha value is -3.02. The molecule has 1 aromatic heterocycles. The van der Waals surface area contributed by atoms with Crippen LogP contribution in [0.5, 0.6) is 0 Å². The van der Waals surface area contributed by atoms with Crippen molar-refractivity contribution in [3.63, 3.8) is 0 Å². The molecule has 2 aliphatic heterocycles. The van der Waals surface area contributed by atoms with E-state index < -0.39 is 0 Å². The number of nitrogens with one attached hydrogen (secondary N) is 3. The Kier molecular flexibility index (Phi) is 2.91. The maximum absolute atomic E-state index is 12.3. The standard InChI is InChI=1S/C23H23N5O/c24-22-16-6-12(3-4-17(16)27-28-22)21-20-11-2-1-10(5-11)19(20)15-8-14-13(7-18(15)26-21)9-25-23(14)29/h3-4,6-8,10-11,19-21,26H,1-2,5,9H2,(H,25,29)(H3,24,27,28)/t10?,11-,19+,20+,21-/m1/s1. The van der Waals surface area contributed by atoms with E-state index in [1.54, 1.807) is 0 Å². The van der Waals surface area contributed by atoms with Gasteiger partial charge in [0, 0.05) is 23.2 Å². The van der Waals surface area contributed by atoms with E-state index in [9.17, 15) is 4.79 Å². The summed E-state index contributed by atoms with van der Waals surface area (Å²) in [5, 5.41) is 15.0. The van der Waals surface area contributed by atoms with Crippen molar-refractivity contribution in [3.05, 3.63) is 52.6 Å². The molecule has 5 atom stereocenters. The van der Waals surface area contributed by atoms with Crippen molar-refractivity contribution in [1.82, 2.24) is 15.5 Å². The minimum absolute atomic E-state index is 0.0746. The van der Waals surface area contributed by atoms with Crippen molar-refractivity contribution in [2.24, 2.45) is 17.8 Å². The third-order valence-electron chi connectivity index (χ3n) is 7.97. The number of aromatic nitrogens is 2. The van der Waals surface area contributed by atoms with Gasteiger partial charge in [-0.3, -0.25) is 9.89 Å². The average Bonchev–Trinajstić information content (AvgIpc) is 3.51. The average molecular weight is 385 g/mol. The Morgan fingerprint density at radius 3 is 2.93 bits per heavy atom. The largest absolute Gasteiger partial charge is 0.382 e. The molecule has 2 aliphatic carbocycles. The van der Waals surface area contributed by atoms with Gasteiger partial charge in [0.2, 0.25) is 0 Å². The number of nitrogens with zero attached hydrogens (tertiary/aromatic N) is 1. The second kappa shape index (κ2) is 5.32. The van der Waals surface area contributed by atoms with Crippen LogP contribution < -0.4 is 16.4 Å². The number of nitrogen functional groups attached to an aromatic ring is 1. The second-order valence-corrected chi connectivity index (χ2v) is 9.25. The van der Waals surface area contributed by atoms with E-state index in [4.69, 9.17) is 5.73 Å². The van der Waals surface area contributed by atoms with Crippen LogP contribution in [0, 0.1) is 17.8 Å². The van der Waals surface area contributed by atoms with Gasteiger partial charge in [0.1, 0.15) is 0 Å². The fourth-order valence-electron chi connectivity index (χ4n) is 6.78. The van der Waals surface area contributed by atoms with E-state index in [0.29, 0.717) is 24.2 Å². The fourth-order valence-corrected chi connectivity index (χ4v) is 6.78. The van der Waals surface area contributed by atoms with Crippen LogP contribution in [0.15, 0.2) is 30.3 Å². The molecule has 3 aromatic rings. The van der Waals surface area contributed by atoms with Crippen LogP contribution in [-0.4, -0.2) is 16.1 Å². The highest BCUT2D eigenvalue weighted by Crippen LogP contribution is 2.64. The van der Waals surface area contributed by atoms with E-state index in [1.807, 2.05) is 0 Å². The van der Waals surface area contributed by atoms with Crippen molar-refractivity contribution in [2.75, 3.05) is 11.1 Å². The third kappa shape index (κ3) is 2.01. The predicted octanol–water partition coefficient (Wildman–Crippen LogP) is 3.69. The van der Waals surface area contributed by atoms with Crippen molar-refractivity contribution >= 4 is 28.3 Å². The van der Waals surface area contributed by atoms with Crippen molar-refractivity contribution in [1.29, 1.82) is 0 Å². The molecule has 4 aliphatic rings. The molecule has 3 heterocycles. The monoisotopic (exact) mass is 385 g/mol. The number of fused-ring (bicyclic) bond motifs is 9. The van der Waals surface area contributed by atoms with Crippen LogP contribution in [0.4, 0.5) is 11.5 Å². The van der Waals surface area contributed by atoms with E-state index in [0.717, 1.165) is 33.9 Å². The first-order valence-electron chi connectivity index (χ1n) is 10.6. The van der Waals surface area contributed by atoms with Crippen molar-refractivity contribution in [2.45, 2.75) is 37.8 Å². The quantitative estimate of drug-likeness (QED) is 0.514. The maximum Gasteiger partial charge on any atom is 0.251 e. The van der Waals surface area contributed by atoms with E-state index in [2.05, 4.69) is 51.2 Å². The Morgan fingerprint density at radius 1 is 1.10 bits per heavy atom. The Labute approximate surface area is 168 Å². The molecule has 0 spiro atoms. The minimum Gasteiger partial charge on any atom is -0.382 e. The topological polar surface area (TPSA) is 95.8 Å². The van der Waals surface area contributed by atoms with Gasteiger partial charge in [-0.25, -0.2) is 0 Å². The van der Waals surface area contributed by atoms with Gasteiger partial charge in [0.15, 0.2) is 5.82 Å². The van der Waals surface area contributed by atoms with Gasteiger partial charge in [-0.15, -0.1) is 0 Å². The van der Waals surface area contributed by atoms with Gasteiger partial charge >= 0.3 is 0 Å². The molecule has 1 unspecified atom stereocenters. The number of rotatable bonds is 1. The summed E-state index contributed by atoms with van der Waals surface area (Å²) in [5.74, 6) is 3.21. The predicted molar refractivity (Wildman–Crippen MR) is 112 cm³/mol. The molecule has 2 fully saturated rings. The zero-order chi connectivity index (χ0) is 19.3. The highest BCUT2D eigenvalue weighted by molar-refractivity contribution is 5.99. The lowest BCUT2D eigenvalue weighted by molar-refractivity contribution is 0.0965. The van der Waals surface area contributed by atoms with Gasteiger partial charge in [-0.05, 0) is 83.9 Å². The number of carbonyl (C=O) groups is 1.